The predicted molar refractivity (Wildman–Crippen MR) is 81.6 cm³/mol. The van der Waals surface area contributed by atoms with Crippen molar-refractivity contribution in [3.05, 3.63) is 59.1 Å². The molecule has 0 saturated heterocycles. The Kier molecular flexibility index (Phi) is 5.87. The molecule has 4 heteroatoms. The molecule has 0 spiro atoms. The largest absolute Gasteiger partial charge is 0.457 e. The molecule has 0 heterocycles. The summed E-state index contributed by atoms with van der Waals surface area (Å²) in [7, 11) is 1.69. The van der Waals surface area contributed by atoms with Crippen molar-refractivity contribution in [3.8, 4) is 11.5 Å². The Morgan fingerprint density at radius 1 is 1.10 bits per heavy atom. The first-order valence-electron chi connectivity index (χ1n) is 6.50. The number of halogens is 1. The summed E-state index contributed by atoms with van der Waals surface area (Å²) in [5, 5.41) is 3.96. The third kappa shape index (κ3) is 4.53. The van der Waals surface area contributed by atoms with Crippen LogP contribution in [0, 0.1) is 0 Å². The van der Waals surface area contributed by atoms with Crippen LogP contribution in [0.4, 0.5) is 0 Å². The summed E-state index contributed by atoms with van der Waals surface area (Å²) in [5.74, 6) is 1.57. The van der Waals surface area contributed by atoms with Crippen molar-refractivity contribution in [2.24, 2.45) is 0 Å². The van der Waals surface area contributed by atoms with Crippen LogP contribution >= 0.6 is 11.6 Å². The molecule has 2 aromatic rings. The second kappa shape index (κ2) is 7.90. The molecule has 0 amide bonds. The lowest BCUT2D eigenvalue weighted by molar-refractivity contribution is 0.199. The van der Waals surface area contributed by atoms with Gasteiger partial charge in [-0.15, -0.1) is 0 Å². The lowest BCUT2D eigenvalue weighted by Crippen LogP contribution is -2.18. The molecule has 0 bridgehead atoms. The number of para-hydroxylation sites is 1. The monoisotopic (exact) mass is 291 g/mol. The van der Waals surface area contributed by atoms with E-state index in [1.807, 2.05) is 48.5 Å². The van der Waals surface area contributed by atoms with Gasteiger partial charge in [0.05, 0.1) is 6.61 Å². The Labute approximate surface area is 124 Å². The highest BCUT2D eigenvalue weighted by Crippen LogP contribution is 2.28. The first-order chi connectivity index (χ1) is 9.79. The lowest BCUT2D eigenvalue weighted by atomic mass is 10.2. The van der Waals surface area contributed by atoms with Crippen LogP contribution in [0.3, 0.4) is 0 Å². The molecule has 0 atom stereocenters. The molecule has 0 aliphatic heterocycles. The summed E-state index contributed by atoms with van der Waals surface area (Å²) in [6.07, 6.45) is 0. The molecule has 3 nitrogen and oxygen atoms in total. The smallest absolute Gasteiger partial charge is 0.133 e. The standard InChI is InChI=1S/C16H18ClNO2/c1-19-10-9-18-12-13-7-8-14(17)11-16(13)20-15-5-3-2-4-6-15/h2-8,11,18H,9-10,12H2,1H3. The Hall–Kier alpha value is -1.55. The molecule has 0 aromatic heterocycles. The van der Waals surface area contributed by atoms with Crippen molar-refractivity contribution in [2.45, 2.75) is 6.54 Å². The van der Waals surface area contributed by atoms with E-state index in [9.17, 15) is 0 Å². The van der Waals surface area contributed by atoms with Gasteiger partial charge in [-0.3, -0.25) is 0 Å². The fourth-order valence-electron chi connectivity index (χ4n) is 1.78. The summed E-state index contributed by atoms with van der Waals surface area (Å²) in [6, 6.07) is 15.4. The summed E-state index contributed by atoms with van der Waals surface area (Å²) in [6.45, 7) is 2.19. The average Bonchev–Trinajstić information content (AvgIpc) is 2.47. The van der Waals surface area contributed by atoms with Crippen LogP contribution in [0.5, 0.6) is 11.5 Å². The van der Waals surface area contributed by atoms with Gasteiger partial charge in [0.1, 0.15) is 11.5 Å². The zero-order valence-electron chi connectivity index (χ0n) is 11.4. The summed E-state index contributed by atoms with van der Waals surface area (Å²) >= 11 is 6.05. The maximum atomic E-state index is 6.05. The van der Waals surface area contributed by atoms with Crippen LogP contribution in [-0.4, -0.2) is 20.3 Å². The van der Waals surface area contributed by atoms with Crippen molar-refractivity contribution in [2.75, 3.05) is 20.3 Å². The van der Waals surface area contributed by atoms with E-state index in [4.69, 9.17) is 21.1 Å². The highest BCUT2D eigenvalue weighted by atomic mass is 35.5. The van der Waals surface area contributed by atoms with Crippen molar-refractivity contribution in [1.82, 2.24) is 5.32 Å². The van der Waals surface area contributed by atoms with Gasteiger partial charge in [-0.1, -0.05) is 35.9 Å². The Balaban J connectivity index is 2.07. The molecular formula is C16H18ClNO2. The number of hydrogen-bond acceptors (Lipinski definition) is 3. The van der Waals surface area contributed by atoms with Crippen molar-refractivity contribution < 1.29 is 9.47 Å². The van der Waals surface area contributed by atoms with Crippen molar-refractivity contribution in [1.29, 1.82) is 0 Å². The third-order valence-electron chi connectivity index (χ3n) is 2.80. The first kappa shape index (κ1) is 14.9. The van der Waals surface area contributed by atoms with Gasteiger partial charge < -0.3 is 14.8 Å². The normalized spacial score (nSPS) is 10.5. The van der Waals surface area contributed by atoms with E-state index in [-0.39, 0.29) is 0 Å². The molecule has 2 rings (SSSR count). The zero-order chi connectivity index (χ0) is 14.2. The molecular weight excluding hydrogens is 274 g/mol. The molecule has 0 radical (unpaired) electrons. The molecule has 0 aliphatic rings. The van der Waals surface area contributed by atoms with E-state index < -0.39 is 0 Å². The summed E-state index contributed by atoms with van der Waals surface area (Å²) < 4.78 is 10.9. The van der Waals surface area contributed by atoms with Gasteiger partial charge in [0.2, 0.25) is 0 Å². The van der Waals surface area contributed by atoms with Gasteiger partial charge in [-0.2, -0.15) is 0 Å². The summed E-state index contributed by atoms with van der Waals surface area (Å²) in [4.78, 5) is 0. The van der Waals surface area contributed by atoms with Crippen LogP contribution in [0.1, 0.15) is 5.56 Å². The molecule has 106 valence electrons. The highest BCUT2D eigenvalue weighted by molar-refractivity contribution is 6.30. The van der Waals surface area contributed by atoms with Gasteiger partial charge in [-0.25, -0.2) is 0 Å². The van der Waals surface area contributed by atoms with E-state index in [2.05, 4.69) is 5.32 Å². The number of benzene rings is 2. The maximum absolute atomic E-state index is 6.05. The SMILES string of the molecule is COCCNCc1ccc(Cl)cc1Oc1ccccc1. The minimum Gasteiger partial charge on any atom is -0.457 e. The highest BCUT2D eigenvalue weighted by Gasteiger charge is 2.06. The van der Waals surface area contributed by atoms with E-state index in [0.717, 1.165) is 23.6 Å². The second-order valence-corrected chi connectivity index (χ2v) is 4.77. The minimum absolute atomic E-state index is 0.663. The first-order valence-corrected chi connectivity index (χ1v) is 6.88. The van der Waals surface area contributed by atoms with Crippen LogP contribution in [-0.2, 0) is 11.3 Å². The quantitative estimate of drug-likeness (QED) is 0.786. The molecule has 0 unspecified atom stereocenters. The van der Waals surface area contributed by atoms with Crippen LogP contribution in [0.2, 0.25) is 5.02 Å². The van der Waals surface area contributed by atoms with Crippen molar-refractivity contribution in [3.63, 3.8) is 0 Å². The minimum atomic E-state index is 0.663. The molecule has 1 N–H and O–H groups in total. The van der Waals surface area contributed by atoms with E-state index in [0.29, 0.717) is 18.2 Å². The lowest BCUT2D eigenvalue weighted by Gasteiger charge is -2.12. The fourth-order valence-corrected chi connectivity index (χ4v) is 1.94. The Morgan fingerprint density at radius 2 is 1.90 bits per heavy atom. The number of methoxy groups -OCH3 is 1. The Bertz CT molecular complexity index is 531. The van der Waals surface area contributed by atoms with Crippen molar-refractivity contribution >= 4 is 11.6 Å². The fraction of sp³-hybridized carbons (Fsp3) is 0.250. The molecule has 0 aliphatic carbocycles. The number of hydrogen-bond donors (Lipinski definition) is 1. The van der Waals surface area contributed by atoms with Crippen LogP contribution < -0.4 is 10.1 Å². The molecule has 0 saturated carbocycles. The topological polar surface area (TPSA) is 30.5 Å². The van der Waals surface area contributed by atoms with Gasteiger partial charge in [0.15, 0.2) is 0 Å². The van der Waals surface area contributed by atoms with Gasteiger partial charge >= 0.3 is 0 Å². The maximum Gasteiger partial charge on any atom is 0.133 e. The summed E-state index contributed by atoms with van der Waals surface area (Å²) in [5.41, 5.74) is 1.06. The van der Waals surface area contributed by atoms with Gasteiger partial charge in [0, 0.05) is 30.8 Å². The molecule has 2 aromatic carbocycles. The second-order valence-electron chi connectivity index (χ2n) is 4.34. The zero-order valence-corrected chi connectivity index (χ0v) is 12.2. The van der Waals surface area contributed by atoms with Crippen LogP contribution in [0.25, 0.3) is 0 Å². The predicted octanol–water partition coefficient (Wildman–Crippen LogP) is 3.87. The van der Waals surface area contributed by atoms with E-state index in [1.54, 1.807) is 7.11 Å². The van der Waals surface area contributed by atoms with Gasteiger partial charge in [-0.05, 0) is 24.3 Å². The number of rotatable bonds is 7. The van der Waals surface area contributed by atoms with E-state index in [1.165, 1.54) is 0 Å². The number of nitrogens with one attached hydrogen (secondary N) is 1. The Morgan fingerprint density at radius 3 is 2.65 bits per heavy atom. The average molecular weight is 292 g/mol. The third-order valence-corrected chi connectivity index (χ3v) is 3.03. The molecule has 0 fully saturated rings. The molecule has 20 heavy (non-hydrogen) atoms. The van der Waals surface area contributed by atoms with Crippen LogP contribution in [0.15, 0.2) is 48.5 Å². The van der Waals surface area contributed by atoms with Gasteiger partial charge in [0.25, 0.3) is 0 Å². The van der Waals surface area contributed by atoms with E-state index >= 15 is 0 Å². The number of ether oxygens (including phenoxy) is 2.